The maximum atomic E-state index is 11.1. The lowest BCUT2D eigenvalue weighted by atomic mass is 9.86. The summed E-state index contributed by atoms with van der Waals surface area (Å²) >= 11 is 0. The van der Waals surface area contributed by atoms with E-state index in [1.807, 2.05) is 0 Å². The van der Waals surface area contributed by atoms with Crippen LogP contribution in [0.25, 0.3) is 0 Å². The molecule has 1 saturated carbocycles. The van der Waals surface area contributed by atoms with Gasteiger partial charge in [0.25, 0.3) is 0 Å². The Morgan fingerprint density at radius 1 is 1.54 bits per heavy atom. The molecule has 0 N–H and O–H groups in total. The number of carbonyl (C=O) groups excluding carboxylic acids is 2. The number of carbonyl (C=O) groups is 1. The minimum absolute atomic E-state index is 0.0960. The lowest BCUT2D eigenvalue weighted by molar-refractivity contribution is -0.151. The molecule has 1 aliphatic carbocycles. The van der Waals surface area contributed by atoms with Crippen molar-refractivity contribution in [3.63, 3.8) is 0 Å². The van der Waals surface area contributed by atoms with E-state index in [0.29, 0.717) is 19.6 Å². The first kappa shape index (κ1) is 9.93. The van der Waals surface area contributed by atoms with Crippen LogP contribution < -0.4 is 0 Å². The van der Waals surface area contributed by atoms with Gasteiger partial charge in [-0.05, 0) is 12.8 Å². The van der Waals surface area contributed by atoms with Crippen LogP contribution >= 0.6 is 0 Å². The molecule has 0 saturated heterocycles. The average molecular weight is 183 g/mol. The lowest BCUT2D eigenvalue weighted by Crippen LogP contribution is -2.24. The quantitative estimate of drug-likeness (QED) is 0.277. The SMILES string of the molecule is O=C=NCCCOC(=O)C1CCC1. The number of nitrogens with zero attached hydrogens (tertiary/aromatic N) is 1. The van der Waals surface area contributed by atoms with Crippen LogP contribution in [0.4, 0.5) is 0 Å². The van der Waals surface area contributed by atoms with Gasteiger partial charge in [0, 0.05) is 6.42 Å². The number of hydrogen-bond acceptors (Lipinski definition) is 4. The molecule has 4 nitrogen and oxygen atoms in total. The van der Waals surface area contributed by atoms with Crippen molar-refractivity contribution in [3.05, 3.63) is 0 Å². The predicted octanol–water partition coefficient (Wildman–Crippen LogP) is 1.06. The first-order valence-corrected chi connectivity index (χ1v) is 4.55. The predicted molar refractivity (Wildman–Crippen MR) is 45.9 cm³/mol. The number of hydrogen-bond donors (Lipinski definition) is 0. The van der Waals surface area contributed by atoms with E-state index < -0.39 is 0 Å². The highest BCUT2D eigenvalue weighted by atomic mass is 16.5. The van der Waals surface area contributed by atoms with Crippen LogP contribution in [0.5, 0.6) is 0 Å². The fourth-order valence-electron chi connectivity index (χ4n) is 1.12. The molecule has 0 bridgehead atoms. The Hall–Kier alpha value is -1.15. The Morgan fingerprint density at radius 2 is 2.31 bits per heavy atom. The molecular formula is C9H13NO3. The highest BCUT2D eigenvalue weighted by Crippen LogP contribution is 2.27. The largest absolute Gasteiger partial charge is 0.465 e. The number of isocyanates is 1. The van der Waals surface area contributed by atoms with Gasteiger partial charge in [-0.25, -0.2) is 9.79 Å². The van der Waals surface area contributed by atoms with E-state index in [1.54, 1.807) is 0 Å². The molecule has 0 amide bonds. The number of aliphatic imine (C=N–C) groups is 1. The van der Waals surface area contributed by atoms with E-state index >= 15 is 0 Å². The topological polar surface area (TPSA) is 55.7 Å². The lowest BCUT2D eigenvalue weighted by Gasteiger charge is -2.22. The second kappa shape index (κ2) is 5.49. The zero-order valence-electron chi connectivity index (χ0n) is 7.49. The molecule has 0 unspecified atom stereocenters. The van der Waals surface area contributed by atoms with Gasteiger partial charge in [-0.1, -0.05) is 6.42 Å². The Labute approximate surface area is 77.0 Å². The van der Waals surface area contributed by atoms with Gasteiger partial charge in [-0.3, -0.25) is 4.79 Å². The van der Waals surface area contributed by atoms with Gasteiger partial charge in [0.15, 0.2) is 0 Å². The van der Waals surface area contributed by atoms with Crippen molar-refractivity contribution < 1.29 is 14.3 Å². The zero-order valence-corrected chi connectivity index (χ0v) is 7.49. The highest BCUT2D eigenvalue weighted by molar-refractivity contribution is 5.73. The van der Waals surface area contributed by atoms with Crippen LogP contribution in [0.3, 0.4) is 0 Å². The third-order valence-electron chi connectivity index (χ3n) is 2.16. The molecule has 0 radical (unpaired) electrons. The fraction of sp³-hybridized carbons (Fsp3) is 0.778. The number of esters is 1. The number of rotatable bonds is 5. The Bertz CT molecular complexity index is 217. The molecule has 0 aromatic rings. The molecular weight excluding hydrogens is 170 g/mol. The highest BCUT2D eigenvalue weighted by Gasteiger charge is 2.26. The van der Waals surface area contributed by atoms with Crippen LogP contribution in [-0.2, 0) is 14.3 Å². The molecule has 1 fully saturated rings. The van der Waals surface area contributed by atoms with Crippen LogP contribution in [0.15, 0.2) is 4.99 Å². The molecule has 0 aliphatic heterocycles. The molecule has 0 atom stereocenters. The first-order valence-electron chi connectivity index (χ1n) is 4.55. The average Bonchev–Trinajstić information content (AvgIpc) is 2.01. The monoisotopic (exact) mass is 183 g/mol. The number of ether oxygens (including phenoxy) is 1. The standard InChI is InChI=1S/C9H13NO3/c11-7-10-5-2-6-13-9(12)8-3-1-4-8/h8H,1-6H2. The molecule has 0 aromatic carbocycles. The minimum atomic E-state index is -0.0960. The maximum absolute atomic E-state index is 11.1. The molecule has 4 heteroatoms. The van der Waals surface area contributed by atoms with Crippen molar-refractivity contribution in [2.75, 3.05) is 13.2 Å². The van der Waals surface area contributed by atoms with E-state index in [4.69, 9.17) is 4.74 Å². The van der Waals surface area contributed by atoms with Crippen molar-refractivity contribution in [1.82, 2.24) is 0 Å². The zero-order chi connectivity index (χ0) is 9.52. The van der Waals surface area contributed by atoms with Gasteiger partial charge < -0.3 is 4.74 Å². The Balaban J connectivity index is 1.98. The van der Waals surface area contributed by atoms with Gasteiger partial charge in [0.05, 0.1) is 19.1 Å². The molecule has 13 heavy (non-hydrogen) atoms. The molecule has 1 aliphatic rings. The van der Waals surface area contributed by atoms with Crippen LogP contribution in [0.1, 0.15) is 25.7 Å². The van der Waals surface area contributed by atoms with Crippen molar-refractivity contribution in [2.24, 2.45) is 10.9 Å². The summed E-state index contributed by atoms with van der Waals surface area (Å²) in [6.45, 7) is 0.752. The normalized spacial score (nSPS) is 15.7. The summed E-state index contributed by atoms with van der Waals surface area (Å²) in [4.78, 5) is 24.1. The van der Waals surface area contributed by atoms with Gasteiger partial charge in [-0.2, -0.15) is 0 Å². The van der Waals surface area contributed by atoms with Crippen LogP contribution in [0, 0.1) is 5.92 Å². The summed E-state index contributed by atoms with van der Waals surface area (Å²) in [7, 11) is 0. The van der Waals surface area contributed by atoms with Crippen molar-refractivity contribution in [2.45, 2.75) is 25.7 Å². The third-order valence-corrected chi connectivity index (χ3v) is 2.16. The van der Waals surface area contributed by atoms with Crippen molar-refractivity contribution in [3.8, 4) is 0 Å². The second-order valence-corrected chi connectivity index (χ2v) is 3.12. The summed E-state index contributed by atoms with van der Waals surface area (Å²) in [5.74, 6) is 0.0379. The van der Waals surface area contributed by atoms with E-state index in [0.717, 1.165) is 19.3 Å². The van der Waals surface area contributed by atoms with Gasteiger partial charge >= 0.3 is 5.97 Å². The van der Waals surface area contributed by atoms with E-state index in [9.17, 15) is 9.59 Å². The molecule has 0 spiro atoms. The Morgan fingerprint density at radius 3 is 2.85 bits per heavy atom. The van der Waals surface area contributed by atoms with Crippen molar-refractivity contribution in [1.29, 1.82) is 0 Å². The fourth-order valence-corrected chi connectivity index (χ4v) is 1.12. The van der Waals surface area contributed by atoms with E-state index in [1.165, 1.54) is 6.08 Å². The van der Waals surface area contributed by atoms with Gasteiger partial charge in [-0.15, -0.1) is 0 Å². The molecule has 0 heterocycles. The summed E-state index contributed by atoms with van der Waals surface area (Å²) in [6, 6.07) is 0. The van der Waals surface area contributed by atoms with E-state index in [2.05, 4.69) is 4.99 Å². The molecule has 0 aromatic heterocycles. The van der Waals surface area contributed by atoms with Gasteiger partial charge in [0.2, 0.25) is 6.08 Å². The molecule has 72 valence electrons. The maximum Gasteiger partial charge on any atom is 0.308 e. The summed E-state index contributed by atoms with van der Waals surface area (Å²) < 4.78 is 4.96. The second-order valence-electron chi connectivity index (χ2n) is 3.12. The van der Waals surface area contributed by atoms with E-state index in [-0.39, 0.29) is 11.9 Å². The molecule has 1 rings (SSSR count). The summed E-state index contributed by atoms with van der Waals surface area (Å²) in [6.07, 6.45) is 5.10. The van der Waals surface area contributed by atoms with Crippen LogP contribution in [0.2, 0.25) is 0 Å². The smallest absolute Gasteiger partial charge is 0.308 e. The third kappa shape index (κ3) is 3.38. The van der Waals surface area contributed by atoms with Crippen LogP contribution in [-0.4, -0.2) is 25.2 Å². The Kier molecular flexibility index (Phi) is 4.19. The minimum Gasteiger partial charge on any atom is -0.465 e. The van der Waals surface area contributed by atoms with Crippen molar-refractivity contribution >= 4 is 12.0 Å². The van der Waals surface area contributed by atoms with Gasteiger partial charge in [0.1, 0.15) is 0 Å². The first-order chi connectivity index (χ1) is 6.34. The summed E-state index contributed by atoms with van der Waals surface area (Å²) in [5.41, 5.74) is 0. The summed E-state index contributed by atoms with van der Waals surface area (Å²) in [5, 5.41) is 0.